The van der Waals surface area contributed by atoms with Gasteiger partial charge in [0.25, 0.3) is 5.91 Å². The van der Waals surface area contributed by atoms with Crippen LogP contribution in [0.5, 0.6) is 5.75 Å². The Labute approximate surface area is 171 Å². The van der Waals surface area contributed by atoms with Crippen LogP contribution >= 0.6 is 34.4 Å². The van der Waals surface area contributed by atoms with Gasteiger partial charge in [-0.1, -0.05) is 55.1 Å². The van der Waals surface area contributed by atoms with Gasteiger partial charge in [0, 0.05) is 10.6 Å². The minimum absolute atomic E-state index is 0.0551. The minimum atomic E-state index is -0.239. The van der Waals surface area contributed by atoms with Gasteiger partial charge >= 0.3 is 0 Å². The molecule has 0 aliphatic carbocycles. The van der Waals surface area contributed by atoms with E-state index >= 15 is 0 Å². The Balaban J connectivity index is 1.52. The van der Waals surface area contributed by atoms with Crippen LogP contribution < -0.4 is 10.1 Å². The quantitative estimate of drug-likeness (QED) is 0.394. The van der Waals surface area contributed by atoms with Gasteiger partial charge in [0.1, 0.15) is 5.75 Å². The first-order valence-corrected chi connectivity index (χ1v) is 11.2. The Kier molecular flexibility index (Phi) is 6.87. The molecule has 3 aromatic rings. The van der Waals surface area contributed by atoms with Crippen LogP contribution in [0.1, 0.15) is 35.8 Å². The average Bonchev–Trinajstić information content (AvgIpc) is 3.29. The van der Waals surface area contributed by atoms with Crippen LogP contribution in [0.4, 0.5) is 5.13 Å². The standard InChI is InChI=1S/C19H21N3O2S3/c1-12(2)15-7-6-13(3)9-16(15)24-10-17(23)20-18-21-22-19(27-18)26-11-14-5-4-8-25-14/h4-9,12H,10-11H2,1-3H3,(H,20,21,23). The third-order valence-corrected chi connectivity index (χ3v) is 6.80. The molecule has 0 saturated carbocycles. The summed E-state index contributed by atoms with van der Waals surface area (Å²) in [4.78, 5) is 13.5. The molecule has 0 bridgehead atoms. The number of hydrogen-bond donors (Lipinski definition) is 1. The highest BCUT2D eigenvalue weighted by molar-refractivity contribution is 8.00. The summed E-state index contributed by atoms with van der Waals surface area (Å²) in [5.74, 6) is 1.70. The van der Waals surface area contributed by atoms with E-state index in [9.17, 15) is 4.79 Å². The molecule has 0 saturated heterocycles. The van der Waals surface area contributed by atoms with Gasteiger partial charge in [-0.05, 0) is 41.5 Å². The molecule has 5 nitrogen and oxygen atoms in total. The molecule has 3 rings (SSSR count). The fourth-order valence-electron chi connectivity index (χ4n) is 2.39. The number of ether oxygens (including phenoxy) is 1. The van der Waals surface area contributed by atoms with E-state index in [-0.39, 0.29) is 12.5 Å². The Hall–Kier alpha value is -1.90. The molecule has 27 heavy (non-hydrogen) atoms. The number of rotatable bonds is 8. The van der Waals surface area contributed by atoms with Crippen LogP contribution in [0.15, 0.2) is 40.1 Å². The number of thioether (sulfide) groups is 1. The lowest BCUT2D eigenvalue weighted by Gasteiger charge is -2.14. The number of hydrogen-bond acceptors (Lipinski definition) is 7. The Morgan fingerprint density at radius 2 is 2.15 bits per heavy atom. The van der Waals surface area contributed by atoms with Gasteiger partial charge < -0.3 is 4.74 Å². The molecule has 1 N–H and O–H groups in total. The number of aryl methyl sites for hydroxylation is 1. The molecule has 0 unspecified atom stereocenters. The van der Waals surface area contributed by atoms with E-state index in [2.05, 4.69) is 52.9 Å². The average molecular weight is 420 g/mol. The van der Waals surface area contributed by atoms with E-state index in [0.29, 0.717) is 11.0 Å². The van der Waals surface area contributed by atoms with Gasteiger partial charge in [-0.15, -0.1) is 21.5 Å². The maximum absolute atomic E-state index is 12.2. The molecule has 8 heteroatoms. The molecule has 0 spiro atoms. The summed E-state index contributed by atoms with van der Waals surface area (Å²) >= 11 is 4.71. The number of benzene rings is 1. The number of aromatic nitrogens is 2. The third kappa shape index (κ3) is 5.79. The summed E-state index contributed by atoms with van der Waals surface area (Å²) in [6.07, 6.45) is 0. The van der Waals surface area contributed by atoms with Crippen LogP contribution in [0, 0.1) is 6.92 Å². The van der Waals surface area contributed by atoms with Crippen LogP contribution in [-0.2, 0) is 10.5 Å². The van der Waals surface area contributed by atoms with Crippen molar-refractivity contribution >= 4 is 45.5 Å². The fraction of sp³-hybridized carbons (Fsp3) is 0.316. The Morgan fingerprint density at radius 1 is 1.30 bits per heavy atom. The lowest BCUT2D eigenvalue weighted by Crippen LogP contribution is -2.20. The van der Waals surface area contributed by atoms with E-state index in [4.69, 9.17) is 4.74 Å². The van der Waals surface area contributed by atoms with E-state index in [1.54, 1.807) is 23.1 Å². The highest BCUT2D eigenvalue weighted by Crippen LogP contribution is 2.30. The lowest BCUT2D eigenvalue weighted by atomic mass is 10.0. The highest BCUT2D eigenvalue weighted by atomic mass is 32.2. The monoisotopic (exact) mass is 419 g/mol. The zero-order valence-corrected chi connectivity index (χ0v) is 17.8. The first-order chi connectivity index (χ1) is 13.0. The molecule has 1 amide bonds. The van der Waals surface area contributed by atoms with Crippen molar-refractivity contribution in [3.63, 3.8) is 0 Å². The van der Waals surface area contributed by atoms with E-state index in [0.717, 1.165) is 27.0 Å². The predicted molar refractivity (Wildman–Crippen MR) is 113 cm³/mol. The van der Waals surface area contributed by atoms with Gasteiger partial charge in [0.2, 0.25) is 5.13 Å². The predicted octanol–water partition coefficient (Wildman–Crippen LogP) is 5.34. The number of amides is 1. The van der Waals surface area contributed by atoms with Crippen LogP contribution in [-0.4, -0.2) is 22.7 Å². The molecule has 0 atom stereocenters. The summed E-state index contributed by atoms with van der Waals surface area (Å²) < 4.78 is 6.59. The first kappa shape index (κ1) is 19.9. The van der Waals surface area contributed by atoms with Crippen LogP contribution in [0.25, 0.3) is 0 Å². The van der Waals surface area contributed by atoms with Gasteiger partial charge in [0.15, 0.2) is 10.9 Å². The molecular formula is C19H21N3O2S3. The Bertz CT molecular complexity index is 892. The molecular weight excluding hydrogens is 398 g/mol. The van der Waals surface area contributed by atoms with Crippen molar-refractivity contribution in [2.24, 2.45) is 0 Å². The number of anilines is 1. The third-order valence-electron chi connectivity index (χ3n) is 3.72. The van der Waals surface area contributed by atoms with Gasteiger partial charge in [-0.25, -0.2) is 0 Å². The van der Waals surface area contributed by atoms with E-state index < -0.39 is 0 Å². The van der Waals surface area contributed by atoms with Crippen molar-refractivity contribution in [3.05, 3.63) is 51.7 Å². The van der Waals surface area contributed by atoms with E-state index in [1.165, 1.54) is 16.2 Å². The van der Waals surface area contributed by atoms with Gasteiger partial charge in [-0.3, -0.25) is 10.1 Å². The van der Waals surface area contributed by atoms with E-state index in [1.807, 2.05) is 19.1 Å². The number of nitrogens with zero attached hydrogens (tertiary/aromatic N) is 2. The lowest BCUT2D eigenvalue weighted by molar-refractivity contribution is -0.118. The number of carbonyl (C=O) groups is 1. The summed E-state index contributed by atoms with van der Waals surface area (Å²) in [7, 11) is 0. The molecule has 142 valence electrons. The molecule has 0 radical (unpaired) electrons. The molecule has 2 aromatic heterocycles. The summed E-state index contributed by atoms with van der Waals surface area (Å²) in [5, 5.41) is 13.5. The Morgan fingerprint density at radius 3 is 2.89 bits per heavy atom. The van der Waals surface area contributed by atoms with Crippen molar-refractivity contribution in [1.82, 2.24) is 10.2 Å². The highest BCUT2D eigenvalue weighted by Gasteiger charge is 2.12. The molecule has 0 fully saturated rings. The van der Waals surface area contributed by atoms with Crippen molar-refractivity contribution in [2.45, 2.75) is 36.8 Å². The van der Waals surface area contributed by atoms with Crippen LogP contribution in [0.2, 0.25) is 0 Å². The first-order valence-electron chi connectivity index (χ1n) is 8.53. The number of carbonyl (C=O) groups excluding carboxylic acids is 1. The molecule has 2 heterocycles. The fourth-order valence-corrected chi connectivity index (χ4v) is 4.93. The molecule has 0 aliphatic rings. The summed E-state index contributed by atoms with van der Waals surface area (Å²) in [6.45, 7) is 6.16. The largest absolute Gasteiger partial charge is 0.483 e. The second-order valence-electron chi connectivity index (χ2n) is 6.27. The zero-order chi connectivity index (χ0) is 19.2. The molecule has 1 aromatic carbocycles. The SMILES string of the molecule is Cc1ccc(C(C)C)c(OCC(=O)Nc2nnc(SCc3cccs3)s2)c1. The smallest absolute Gasteiger partial charge is 0.264 e. The summed E-state index contributed by atoms with van der Waals surface area (Å²) in [6, 6.07) is 10.2. The number of thiophene rings is 1. The van der Waals surface area contributed by atoms with Crippen molar-refractivity contribution in [2.75, 3.05) is 11.9 Å². The van der Waals surface area contributed by atoms with Crippen LogP contribution in [0.3, 0.4) is 0 Å². The second kappa shape index (κ2) is 9.34. The van der Waals surface area contributed by atoms with Crippen molar-refractivity contribution in [3.8, 4) is 5.75 Å². The zero-order valence-electron chi connectivity index (χ0n) is 15.4. The summed E-state index contributed by atoms with van der Waals surface area (Å²) in [5.41, 5.74) is 2.20. The number of nitrogens with one attached hydrogen (secondary N) is 1. The molecule has 0 aliphatic heterocycles. The van der Waals surface area contributed by atoms with Gasteiger partial charge in [-0.2, -0.15) is 0 Å². The second-order valence-corrected chi connectivity index (χ2v) is 9.51. The normalized spacial score (nSPS) is 11.0. The topological polar surface area (TPSA) is 64.1 Å². The minimum Gasteiger partial charge on any atom is -0.483 e. The van der Waals surface area contributed by atoms with Crippen molar-refractivity contribution < 1.29 is 9.53 Å². The maximum atomic E-state index is 12.2. The van der Waals surface area contributed by atoms with Gasteiger partial charge in [0.05, 0.1) is 0 Å². The maximum Gasteiger partial charge on any atom is 0.264 e. The van der Waals surface area contributed by atoms with Crippen molar-refractivity contribution in [1.29, 1.82) is 0 Å².